The van der Waals surface area contributed by atoms with E-state index in [2.05, 4.69) is 20.7 Å². The van der Waals surface area contributed by atoms with Gasteiger partial charge in [0, 0.05) is 4.47 Å². The predicted molar refractivity (Wildman–Crippen MR) is 74.7 cm³/mol. The number of sulfonamides is 1. The van der Waals surface area contributed by atoms with Crippen LogP contribution in [0.5, 0.6) is 0 Å². The monoisotopic (exact) mass is 320 g/mol. The van der Waals surface area contributed by atoms with Crippen LogP contribution in [-0.2, 0) is 10.0 Å². The molecule has 1 rings (SSSR count). The third-order valence-electron chi connectivity index (χ3n) is 2.37. The Bertz CT molecular complexity index is 477. The van der Waals surface area contributed by atoms with Gasteiger partial charge < -0.3 is 5.73 Å². The highest BCUT2D eigenvalue weighted by molar-refractivity contribution is 9.10. The molecule has 0 saturated carbocycles. The van der Waals surface area contributed by atoms with Crippen LogP contribution < -0.4 is 10.5 Å². The number of rotatable bonds is 5. The first-order chi connectivity index (χ1) is 7.85. The minimum atomic E-state index is -3.30. The standard InChI is InChI=1S/C11H17BrN2O2S/c1-8-6-10(12)7-9(2)11(8)14-17(15,16)5-3-4-13/h6-7,14H,3-5,13H2,1-2H3. The third kappa shape index (κ3) is 4.29. The van der Waals surface area contributed by atoms with E-state index in [1.54, 1.807) is 0 Å². The van der Waals surface area contributed by atoms with Crippen molar-refractivity contribution in [3.8, 4) is 0 Å². The normalized spacial score (nSPS) is 11.5. The van der Waals surface area contributed by atoms with E-state index >= 15 is 0 Å². The topological polar surface area (TPSA) is 72.2 Å². The van der Waals surface area contributed by atoms with Crippen LogP contribution in [0.2, 0.25) is 0 Å². The van der Waals surface area contributed by atoms with Crippen molar-refractivity contribution in [2.75, 3.05) is 17.0 Å². The Kier molecular flexibility index (Phi) is 4.97. The second-order valence-electron chi connectivity index (χ2n) is 3.98. The van der Waals surface area contributed by atoms with Crippen molar-refractivity contribution in [1.82, 2.24) is 0 Å². The lowest BCUT2D eigenvalue weighted by Gasteiger charge is -2.13. The molecule has 0 spiro atoms. The first-order valence-electron chi connectivity index (χ1n) is 5.33. The quantitative estimate of drug-likeness (QED) is 0.873. The number of halogens is 1. The zero-order valence-electron chi connectivity index (χ0n) is 9.96. The molecule has 4 nitrogen and oxygen atoms in total. The van der Waals surface area contributed by atoms with Gasteiger partial charge in [0.25, 0.3) is 0 Å². The van der Waals surface area contributed by atoms with Crippen LogP contribution in [0.1, 0.15) is 17.5 Å². The molecule has 0 radical (unpaired) electrons. The lowest BCUT2D eigenvalue weighted by molar-refractivity contribution is 0.598. The highest BCUT2D eigenvalue weighted by Crippen LogP contribution is 2.26. The Labute approximate surface area is 111 Å². The van der Waals surface area contributed by atoms with E-state index in [4.69, 9.17) is 5.73 Å². The van der Waals surface area contributed by atoms with Crippen molar-refractivity contribution in [3.63, 3.8) is 0 Å². The van der Waals surface area contributed by atoms with E-state index in [0.717, 1.165) is 15.6 Å². The molecule has 0 saturated heterocycles. The van der Waals surface area contributed by atoms with Crippen LogP contribution in [0.15, 0.2) is 16.6 Å². The Hall–Kier alpha value is -0.590. The summed E-state index contributed by atoms with van der Waals surface area (Å²) in [5.74, 6) is 0.0540. The average Bonchev–Trinajstić information content (AvgIpc) is 2.21. The summed E-state index contributed by atoms with van der Waals surface area (Å²) >= 11 is 3.37. The fraction of sp³-hybridized carbons (Fsp3) is 0.455. The molecule has 0 aliphatic rings. The van der Waals surface area contributed by atoms with E-state index in [1.807, 2.05) is 26.0 Å². The summed E-state index contributed by atoms with van der Waals surface area (Å²) in [7, 11) is -3.30. The van der Waals surface area contributed by atoms with Crippen LogP contribution in [0.3, 0.4) is 0 Å². The summed E-state index contributed by atoms with van der Waals surface area (Å²) in [4.78, 5) is 0. The Balaban J connectivity index is 2.96. The lowest BCUT2D eigenvalue weighted by Crippen LogP contribution is -2.20. The van der Waals surface area contributed by atoms with E-state index in [9.17, 15) is 8.42 Å². The molecule has 1 aromatic rings. The molecule has 0 aliphatic heterocycles. The Morgan fingerprint density at radius 3 is 2.29 bits per heavy atom. The smallest absolute Gasteiger partial charge is 0.232 e. The molecule has 0 aromatic heterocycles. The highest BCUT2D eigenvalue weighted by atomic mass is 79.9. The van der Waals surface area contributed by atoms with Gasteiger partial charge in [-0.15, -0.1) is 0 Å². The van der Waals surface area contributed by atoms with Crippen molar-refractivity contribution in [3.05, 3.63) is 27.7 Å². The van der Waals surface area contributed by atoms with Gasteiger partial charge in [-0.2, -0.15) is 0 Å². The predicted octanol–water partition coefficient (Wildman–Crippen LogP) is 2.16. The van der Waals surface area contributed by atoms with Crippen LogP contribution in [0.4, 0.5) is 5.69 Å². The second kappa shape index (κ2) is 5.84. The van der Waals surface area contributed by atoms with Gasteiger partial charge in [0.1, 0.15) is 0 Å². The molecular formula is C11H17BrN2O2S. The number of nitrogens with two attached hydrogens (primary N) is 1. The molecule has 6 heteroatoms. The summed E-state index contributed by atoms with van der Waals surface area (Å²) in [6.07, 6.45) is 0.462. The summed E-state index contributed by atoms with van der Waals surface area (Å²) in [6, 6.07) is 3.77. The molecule has 0 aliphatic carbocycles. The molecule has 0 fully saturated rings. The maximum Gasteiger partial charge on any atom is 0.232 e. The van der Waals surface area contributed by atoms with Gasteiger partial charge >= 0.3 is 0 Å². The van der Waals surface area contributed by atoms with Crippen molar-refractivity contribution in [2.24, 2.45) is 5.73 Å². The van der Waals surface area contributed by atoms with Crippen molar-refractivity contribution < 1.29 is 8.42 Å². The number of benzene rings is 1. The fourth-order valence-electron chi connectivity index (χ4n) is 1.55. The second-order valence-corrected chi connectivity index (χ2v) is 6.74. The number of nitrogens with one attached hydrogen (secondary N) is 1. The van der Waals surface area contributed by atoms with Crippen molar-refractivity contribution in [2.45, 2.75) is 20.3 Å². The molecule has 1 aromatic carbocycles. The van der Waals surface area contributed by atoms with Gasteiger partial charge in [-0.05, 0) is 50.1 Å². The van der Waals surface area contributed by atoms with Gasteiger partial charge in [0.2, 0.25) is 10.0 Å². The summed E-state index contributed by atoms with van der Waals surface area (Å²) in [5.41, 5.74) is 7.76. The van der Waals surface area contributed by atoms with Crippen LogP contribution in [-0.4, -0.2) is 20.7 Å². The average molecular weight is 321 g/mol. The number of anilines is 1. The zero-order chi connectivity index (χ0) is 13.1. The maximum atomic E-state index is 11.8. The summed E-state index contributed by atoms with van der Waals surface area (Å²) in [6.45, 7) is 4.12. The first kappa shape index (κ1) is 14.5. The maximum absolute atomic E-state index is 11.8. The van der Waals surface area contributed by atoms with Crippen LogP contribution >= 0.6 is 15.9 Å². The molecule has 0 amide bonds. The molecule has 0 atom stereocenters. The van der Waals surface area contributed by atoms with Crippen LogP contribution in [0, 0.1) is 13.8 Å². The molecular weight excluding hydrogens is 304 g/mol. The SMILES string of the molecule is Cc1cc(Br)cc(C)c1NS(=O)(=O)CCCN. The number of hydrogen-bond donors (Lipinski definition) is 2. The zero-order valence-corrected chi connectivity index (χ0v) is 12.4. The number of hydrogen-bond acceptors (Lipinski definition) is 3. The molecule has 96 valence electrons. The largest absolute Gasteiger partial charge is 0.330 e. The third-order valence-corrected chi connectivity index (χ3v) is 4.17. The van der Waals surface area contributed by atoms with Gasteiger partial charge in [0.15, 0.2) is 0 Å². The minimum absolute atomic E-state index is 0.0540. The fourth-order valence-corrected chi connectivity index (χ4v) is 3.52. The first-order valence-corrected chi connectivity index (χ1v) is 7.77. The Morgan fingerprint density at radius 1 is 1.29 bits per heavy atom. The molecule has 17 heavy (non-hydrogen) atoms. The van der Waals surface area contributed by atoms with Gasteiger partial charge in [0.05, 0.1) is 11.4 Å². The molecule has 0 bridgehead atoms. The molecule has 0 unspecified atom stereocenters. The van der Waals surface area contributed by atoms with E-state index in [1.165, 1.54) is 0 Å². The van der Waals surface area contributed by atoms with Gasteiger partial charge in [-0.1, -0.05) is 15.9 Å². The molecule has 0 heterocycles. The summed E-state index contributed by atoms with van der Waals surface area (Å²) < 4.78 is 27.1. The Morgan fingerprint density at radius 2 is 1.82 bits per heavy atom. The van der Waals surface area contributed by atoms with Crippen molar-refractivity contribution in [1.29, 1.82) is 0 Å². The van der Waals surface area contributed by atoms with Crippen molar-refractivity contribution >= 4 is 31.6 Å². The van der Waals surface area contributed by atoms with Gasteiger partial charge in [-0.3, -0.25) is 4.72 Å². The minimum Gasteiger partial charge on any atom is -0.330 e. The van der Waals surface area contributed by atoms with E-state index in [0.29, 0.717) is 18.7 Å². The molecule has 3 N–H and O–H groups in total. The van der Waals surface area contributed by atoms with Crippen LogP contribution in [0.25, 0.3) is 0 Å². The van der Waals surface area contributed by atoms with E-state index in [-0.39, 0.29) is 5.75 Å². The van der Waals surface area contributed by atoms with Gasteiger partial charge in [-0.25, -0.2) is 8.42 Å². The highest BCUT2D eigenvalue weighted by Gasteiger charge is 2.13. The van der Waals surface area contributed by atoms with E-state index < -0.39 is 10.0 Å². The number of aryl methyl sites for hydroxylation is 2. The lowest BCUT2D eigenvalue weighted by atomic mass is 10.1. The summed E-state index contributed by atoms with van der Waals surface area (Å²) in [5, 5.41) is 0.